The number of nitrogens with zero attached hydrogens (tertiary/aromatic N) is 1. The minimum absolute atomic E-state index is 0.0114. The van der Waals surface area contributed by atoms with Gasteiger partial charge in [-0.25, -0.2) is 4.79 Å². The molecule has 8 heteroatoms. The highest BCUT2D eigenvalue weighted by molar-refractivity contribution is 6.31. The molecule has 0 atom stereocenters. The second-order valence-corrected chi connectivity index (χ2v) is 5.47. The second-order valence-electron chi connectivity index (χ2n) is 5.03. The number of nitro groups is 1. The Morgan fingerprint density at radius 2 is 2.04 bits per heavy atom. The third-order valence-corrected chi connectivity index (χ3v) is 3.44. The number of nitrogens with one attached hydrogen (secondary N) is 1. The zero-order chi connectivity index (χ0) is 18.2. The van der Waals surface area contributed by atoms with E-state index in [1.54, 1.807) is 12.2 Å². The molecule has 2 aromatic carbocycles. The molecule has 3 N–H and O–H groups in total. The third-order valence-electron chi connectivity index (χ3n) is 3.23. The number of carbonyl (C=O) groups excluding carboxylic acids is 1. The standard InChI is InChI=1S/C17H16ClN3O4/c18-14-9-13(16(19)15(10-14)21(23)24)7-4-8-20-17(22)25-11-12-5-2-1-3-6-12/h1-7,9-10H,8,11,19H2,(H,20,22). The van der Waals surface area contributed by atoms with E-state index in [0.29, 0.717) is 5.56 Å². The molecule has 2 rings (SSSR count). The van der Waals surface area contributed by atoms with E-state index in [1.165, 1.54) is 12.1 Å². The van der Waals surface area contributed by atoms with E-state index < -0.39 is 11.0 Å². The lowest BCUT2D eigenvalue weighted by Crippen LogP contribution is -2.24. The molecular weight excluding hydrogens is 346 g/mol. The fourth-order valence-corrected chi connectivity index (χ4v) is 2.24. The van der Waals surface area contributed by atoms with Crippen LogP contribution in [0.5, 0.6) is 0 Å². The maximum absolute atomic E-state index is 11.6. The van der Waals surface area contributed by atoms with Crippen LogP contribution in [0, 0.1) is 10.1 Å². The molecule has 0 unspecified atom stereocenters. The number of hydrogen-bond acceptors (Lipinski definition) is 5. The van der Waals surface area contributed by atoms with Crippen molar-refractivity contribution in [1.82, 2.24) is 5.32 Å². The summed E-state index contributed by atoms with van der Waals surface area (Å²) in [4.78, 5) is 21.9. The second kappa shape index (κ2) is 8.70. The molecule has 0 saturated carbocycles. The number of hydrogen-bond donors (Lipinski definition) is 2. The topological polar surface area (TPSA) is 107 Å². The van der Waals surface area contributed by atoms with Gasteiger partial charge in [0, 0.05) is 23.2 Å². The van der Waals surface area contributed by atoms with E-state index in [2.05, 4.69) is 5.32 Å². The van der Waals surface area contributed by atoms with E-state index in [-0.39, 0.29) is 29.5 Å². The Labute approximate surface area is 149 Å². The summed E-state index contributed by atoms with van der Waals surface area (Å²) in [5, 5.41) is 13.6. The summed E-state index contributed by atoms with van der Waals surface area (Å²) in [6.07, 6.45) is 2.57. The molecule has 0 aliphatic heterocycles. The van der Waals surface area contributed by atoms with Crippen LogP contribution in [0.1, 0.15) is 11.1 Å². The van der Waals surface area contributed by atoms with Gasteiger partial charge in [-0.05, 0) is 11.6 Å². The smallest absolute Gasteiger partial charge is 0.407 e. The van der Waals surface area contributed by atoms with Crippen molar-refractivity contribution in [2.24, 2.45) is 0 Å². The van der Waals surface area contributed by atoms with Crippen LogP contribution in [-0.2, 0) is 11.3 Å². The van der Waals surface area contributed by atoms with Crippen molar-refractivity contribution >= 4 is 35.1 Å². The van der Waals surface area contributed by atoms with Crippen LogP contribution in [-0.4, -0.2) is 17.6 Å². The van der Waals surface area contributed by atoms with Gasteiger partial charge in [-0.15, -0.1) is 0 Å². The predicted molar refractivity (Wildman–Crippen MR) is 96.2 cm³/mol. The van der Waals surface area contributed by atoms with Gasteiger partial charge >= 0.3 is 6.09 Å². The van der Waals surface area contributed by atoms with Gasteiger partial charge < -0.3 is 15.8 Å². The van der Waals surface area contributed by atoms with Crippen LogP contribution in [0.2, 0.25) is 5.02 Å². The minimum atomic E-state index is -0.599. The molecule has 1 amide bonds. The van der Waals surface area contributed by atoms with Crippen molar-refractivity contribution in [2.45, 2.75) is 6.61 Å². The van der Waals surface area contributed by atoms with Crippen LogP contribution < -0.4 is 11.1 Å². The predicted octanol–water partition coefficient (Wildman–Crippen LogP) is 3.77. The number of benzene rings is 2. The van der Waals surface area contributed by atoms with Gasteiger partial charge in [-0.2, -0.15) is 0 Å². The van der Waals surface area contributed by atoms with E-state index in [1.807, 2.05) is 30.3 Å². The Bertz CT molecular complexity index is 794. The number of nitro benzene ring substituents is 1. The number of halogens is 1. The first-order valence-electron chi connectivity index (χ1n) is 7.32. The summed E-state index contributed by atoms with van der Waals surface area (Å²) in [6, 6.07) is 12.0. The molecule has 0 aliphatic carbocycles. The molecular formula is C17H16ClN3O4. The molecule has 25 heavy (non-hydrogen) atoms. The van der Waals surface area contributed by atoms with Gasteiger partial charge in [-0.3, -0.25) is 10.1 Å². The van der Waals surface area contributed by atoms with E-state index in [4.69, 9.17) is 22.1 Å². The van der Waals surface area contributed by atoms with Crippen molar-refractivity contribution in [2.75, 3.05) is 12.3 Å². The number of rotatable bonds is 6. The van der Waals surface area contributed by atoms with Crippen molar-refractivity contribution < 1.29 is 14.5 Å². The molecule has 0 spiro atoms. The molecule has 2 aromatic rings. The lowest BCUT2D eigenvalue weighted by atomic mass is 10.1. The number of carbonyl (C=O) groups is 1. The number of nitrogen functional groups attached to an aromatic ring is 1. The summed E-state index contributed by atoms with van der Waals surface area (Å²) in [5.41, 5.74) is 6.78. The van der Waals surface area contributed by atoms with Crippen molar-refractivity contribution in [3.8, 4) is 0 Å². The number of nitrogens with two attached hydrogens (primary N) is 1. The number of anilines is 1. The third kappa shape index (κ3) is 5.50. The fraction of sp³-hybridized carbons (Fsp3) is 0.118. The van der Waals surface area contributed by atoms with Crippen LogP contribution in [0.25, 0.3) is 6.08 Å². The van der Waals surface area contributed by atoms with Gasteiger partial charge in [0.05, 0.1) is 4.92 Å². The Hall–Kier alpha value is -3.06. The summed E-state index contributed by atoms with van der Waals surface area (Å²) in [5.74, 6) is 0. The molecule has 0 heterocycles. The molecule has 0 saturated heterocycles. The quantitative estimate of drug-likeness (QED) is 0.462. The van der Waals surface area contributed by atoms with Crippen LogP contribution in [0.15, 0.2) is 48.5 Å². The van der Waals surface area contributed by atoms with Gasteiger partial charge in [0.2, 0.25) is 0 Å². The number of alkyl carbamates (subject to hydrolysis) is 1. The average molecular weight is 362 g/mol. The summed E-state index contributed by atoms with van der Waals surface area (Å²) >= 11 is 5.85. The first kappa shape index (κ1) is 18.3. The van der Waals surface area contributed by atoms with Crippen LogP contribution in [0.4, 0.5) is 16.2 Å². The maximum atomic E-state index is 11.6. The van der Waals surface area contributed by atoms with Gasteiger partial charge in [0.1, 0.15) is 12.3 Å². The maximum Gasteiger partial charge on any atom is 0.407 e. The Morgan fingerprint density at radius 1 is 1.32 bits per heavy atom. The molecule has 0 radical (unpaired) electrons. The average Bonchev–Trinajstić information content (AvgIpc) is 2.60. The molecule has 0 fully saturated rings. The summed E-state index contributed by atoms with van der Waals surface area (Å²) in [7, 11) is 0. The SMILES string of the molecule is Nc1c(C=CCNC(=O)OCc2ccccc2)cc(Cl)cc1[N+](=O)[O-]. The Kier molecular flexibility index (Phi) is 6.36. The van der Waals surface area contributed by atoms with Crippen LogP contribution in [0.3, 0.4) is 0 Å². The van der Waals surface area contributed by atoms with Crippen LogP contribution >= 0.6 is 11.6 Å². The first-order valence-corrected chi connectivity index (χ1v) is 7.69. The number of ether oxygens (including phenoxy) is 1. The number of amides is 1. The lowest BCUT2D eigenvalue weighted by Gasteiger charge is -2.05. The summed E-state index contributed by atoms with van der Waals surface area (Å²) < 4.78 is 5.05. The zero-order valence-corrected chi connectivity index (χ0v) is 13.9. The lowest BCUT2D eigenvalue weighted by molar-refractivity contribution is -0.383. The van der Waals surface area contributed by atoms with E-state index >= 15 is 0 Å². The monoisotopic (exact) mass is 361 g/mol. The largest absolute Gasteiger partial charge is 0.445 e. The molecule has 0 aromatic heterocycles. The van der Waals surface area contributed by atoms with Gasteiger partial charge in [-0.1, -0.05) is 54.1 Å². The Balaban J connectivity index is 1.87. The molecule has 0 bridgehead atoms. The van der Waals surface area contributed by atoms with Gasteiger partial charge in [0.15, 0.2) is 0 Å². The highest BCUT2D eigenvalue weighted by Crippen LogP contribution is 2.30. The molecule has 0 aliphatic rings. The van der Waals surface area contributed by atoms with Crippen molar-refractivity contribution in [3.63, 3.8) is 0 Å². The highest BCUT2D eigenvalue weighted by Gasteiger charge is 2.15. The minimum Gasteiger partial charge on any atom is -0.445 e. The Morgan fingerprint density at radius 3 is 2.72 bits per heavy atom. The van der Waals surface area contributed by atoms with Crippen molar-refractivity contribution in [3.05, 3.63) is 74.8 Å². The van der Waals surface area contributed by atoms with Gasteiger partial charge in [0.25, 0.3) is 5.69 Å². The molecule has 130 valence electrons. The van der Waals surface area contributed by atoms with E-state index in [9.17, 15) is 14.9 Å². The van der Waals surface area contributed by atoms with E-state index in [0.717, 1.165) is 5.56 Å². The summed E-state index contributed by atoms with van der Waals surface area (Å²) in [6.45, 7) is 0.344. The zero-order valence-electron chi connectivity index (χ0n) is 13.1. The molecule has 7 nitrogen and oxygen atoms in total. The highest BCUT2D eigenvalue weighted by atomic mass is 35.5. The normalized spacial score (nSPS) is 10.6. The van der Waals surface area contributed by atoms with Crippen molar-refractivity contribution in [1.29, 1.82) is 0 Å². The fourth-order valence-electron chi connectivity index (χ4n) is 2.02. The first-order chi connectivity index (χ1) is 12.0.